The Balaban J connectivity index is 3.29. The number of benzene rings is 1. The van der Waals surface area contributed by atoms with Gasteiger partial charge < -0.3 is 4.74 Å². The summed E-state index contributed by atoms with van der Waals surface area (Å²) in [6.45, 7) is 3.65. The third-order valence-electron chi connectivity index (χ3n) is 2.79. The van der Waals surface area contributed by atoms with Crippen LogP contribution in [0, 0.1) is 6.92 Å². The van der Waals surface area contributed by atoms with Gasteiger partial charge in [0.15, 0.2) is 0 Å². The van der Waals surface area contributed by atoms with Crippen LogP contribution in [0.3, 0.4) is 0 Å². The molecule has 1 aromatic carbocycles. The van der Waals surface area contributed by atoms with E-state index in [0.29, 0.717) is 12.1 Å². The molecule has 6 heteroatoms. The maximum Gasteiger partial charge on any atom is 0.329 e. The van der Waals surface area contributed by atoms with E-state index in [1.54, 1.807) is 31.2 Å². The van der Waals surface area contributed by atoms with Gasteiger partial charge in [-0.3, -0.25) is 4.31 Å². The Kier molecular flexibility index (Phi) is 4.94. The highest BCUT2D eigenvalue weighted by Crippen LogP contribution is 2.23. The molecule has 1 rings (SSSR count). The van der Waals surface area contributed by atoms with Crippen LogP contribution < -0.4 is 4.31 Å². The molecule has 0 aliphatic rings. The van der Waals surface area contributed by atoms with Crippen molar-refractivity contribution in [1.82, 2.24) is 0 Å². The van der Waals surface area contributed by atoms with Crippen molar-refractivity contribution in [2.24, 2.45) is 0 Å². The molecule has 0 saturated carbocycles. The van der Waals surface area contributed by atoms with E-state index in [2.05, 4.69) is 4.74 Å². The number of esters is 1. The first-order valence-corrected chi connectivity index (χ1v) is 7.80. The summed E-state index contributed by atoms with van der Waals surface area (Å²) < 4.78 is 29.7. The molecule has 1 aromatic rings. The Morgan fingerprint density at radius 2 is 1.84 bits per heavy atom. The van der Waals surface area contributed by atoms with E-state index in [1.165, 1.54) is 7.11 Å². The average Bonchev–Trinajstić information content (AvgIpc) is 2.35. The highest BCUT2D eigenvalue weighted by molar-refractivity contribution is 7.92. The van der Waals surface area contributed by atoms with Crippen molar-refractivity contribution >= 4 is 21.7 Å². The molecule has 1 atom stereocenters. The fourth-order valence-corrected chi connectivity index (χ4v) is 3.06. The zero-order valence-electron chi connectivity index (χ0n) is 11.6. The van der Waals surface area contributed by atoms with Crippen LogP contribution in [0.25, 0.3) is 0 Å². The lowest BCUT2D eigenvalue weighted by Gasteiger charge is -2.29. The number of anilines is 1. The van der Waals surface area contributed by atoms with Crippen molar-refractivity contribution < 1.29 is 17.9 Å². The number of nitrogens with zero attached hydrogens (tertiary/aromatic N) is 1. The topological polar surface area (TPSA) is 63.7 Å². The van der Waals surface area contributed by atoms with Gasteiger partial charge >= 0.3 is 5.97 Å². The Labute approximate surface area is 114 Å². The molecular weight excluding hydrogens is 266 g/mol. The largest absolute Gasteiger partial charge is 0.467 e. The smallest absolute Gasteiger partial charge is 0.329 e. The maximum absolute atomic E-state index is 12.0. The number of sulfonamides is 1. The van der Waals surface area contributed by atoms with Gasteiger partial charge in [0.1, 0.15) is 6.04 Å². The lowest BCUT2D eigenvalue weighted by atomic mass is 10.2. The van der Waals surface area contributed by atoms with Crippen LogP contribution in [0.1, 0.15) is 18.9 Å². The Bertz CT molecular complexity index is 536. The molecule has 0 saturated heterocycles. The summed E-state index contributed by atoms with van der Waals surface area (Å²) in [6.07, 6.45) is 1.42. The van der Waals surface area contributed by atoms with Gasteiger partial charge in [-0.15, -0.1) is 0 Å². The van der Waals surface area contributed by atoms with Crippen molar-refractivity contribution in [1.29, 1.82) is 0 Å². The van der Waals surface area contributed by atoms with E-state index in [1.807, 2.05) is 6.92 Å². The minimum Gasteiger partial charge on any atom is -0.467 e. The molecular formula is C13H19NO4S. The monoisotopic (exact) mass is 285 g/mol. The van der Waals surface area contributed by atoms with Gasteiger partial charge in [0.25, 0.3) is 0 Å². The number of methoxy groups -OCH3 is 1. The number of ether oxygens (including phenoxy) is 1. The second-order valence-corrected chi connectivity index (χ2v) is 6.20. The summed E-state index contributed by atoms with van der Waals surface area (Å²) in [6, 6.07) is 6.13. The first-order chi connectivity index (χ1) is 8.81. The lowest BCUT2D eigenvalue weighted by Crippen LogP contribution is -2.45. The van der Waals surface area contributed by atoms with E-state index in [4.69, 9.17) is 0 Å². The predicted octanol–water partition coefficient (Wildman–Crippen LogP) is 1.71. The molecule has 0 bridgehead atoms. The molecule has 1 unspecified atom stereocenters. The van der Waals surface area contributed by atoms with Crippen molar-refractivity contribution in [2.45, 2.75) is 26.3 Å². The number of carbonyl (C=O) groups excluding carboxylic acids is 1. The Hall–Kier alpha value is -1.56. The second kappa shape index (κ2) is 6.06. The highest BCUT2D eigenvalue weighted by atomic mass is 32.2. The third-order valence-corrected chi connectivity index (χ3v) is 3.97. The minimum atomic E-state index is -3.56. The number of hydrogen-bond acceptors (Lipinski definition) is 4. The summed E-state index contributed by atoms with van der Waals surface area (Å²) in [5.74, 6) is -0.562. The molecule has 0 N–H and O–H groups in total. The molecule has 0 aliphatic carbocycles. The zero-order valence-corrected chi connectivity index (χ0v) is 12.4. The van der Waals surface area contributed by atoms with E-state index in [0.717, 1.165) is 16.1 Å². The van der Waals surface area contributed by atoms with Crippen LogP contribution in [0.15, 0.2) is 24.3 Å². The quantitative estimate of drug-likeness (QED) is 0.773. The second-order valence-electron chi connectivity index (χ2n) is 4.34. The zero-order chi connectivity index (χ0) is 14.6. The molecule has 106 valence electrons. The van der Waals surface area contributed by atoms with Gasteiger partial charge in [-0.2, -0.15) is 0 Å². The Morgan fingerprint density at radius 3 is 2.21 bits per heavy atom. The van der Waals surface area contributed by atoms with Crippen LogP contribution in [0.5, 0.6) is 0 Å². The van der Waals surface area contributed by atoms with Gasteiger partial charge in [-0.05, 0) is 25.5 Å². The molecule has 0 aromatic heterocycles. The SMILES string of the molecule is CCC(C(=O)OC)N(c1ccc(C)cc1)S(C)(=O)=O. The molecule has 0 heterocycles. The van der Waals surface area contributed by atoms with Gasteiger partial charge in [-0.25, -0.2) is 13.2 Å². The first kappa shape index (κ1) is 15.5. The summed E-state index contributed by atoms with van der Waals surface area (Å²) in [5, 5.41) is 0. The molecule has 19 heavy (non-hydrogen) atoms. The third kappa shape index (κ3) is 3.70. The predicted molar refractivity (Wildman–Crippen MR) is 74.6 cm³/mol. The minimum absolute atomic E-state index is 0.341. The van der Waals surface area contributed by atoms with Crippen molar-refractivity contribution in [3.8, 4) is 0 Å². The van der Waals surface area contributed by atoms with Crippen LogP contribution in [0.2, 0.25) is 0 Å². The summed E-state index contributed by atoms with van der Waals surface area (Å²) in [7, 11) is -2.31. The molecule has 0 radical (unpaired) electrons. The van der Waals surface area contributed by atoms with Crippen molar-refractivity contribution in [2.75, 3.05) is 17.7 Å². The van der Waals surface area contributed by atoms with E-state index in [-0.39, 0.29) is 0 Å². The summed E-state index contributed by atoms with van der Waals surface area (Å²) in [4.78, 5) is 11.7. The average molecular weight is 285 g/mol. The van der Waals surface area contributed by atoms with Crippen LogP contribution in [-0.2, 0) is 19.6 Å². The fraction of sp³-hybridized carbons (Fsp3) is 0.462. The van der Waals surface area contributed by atoms with E-state index >= 15 is 0 Å². The normalized spacial score (nSPS) is 12.8. The molecule has 0 amide bonds. The molecule has 0 fully saturated rings. The molecule has 0 aliphatic heterocycles. The van der Waals surface area contributed by atoms with Gasteiger partial charge in [0.2, 0.25) is 10.0 Å². The Morgan fingerprint density at radius 1 is 1.32 bits per heavy atom. The molecule has 5 nitrogen and oxygen atoms in total. The van der Waals surface area contributed by atoms with Gasteiger partial charge in [-0.1, -0.05) is 24.6 Å². The number of hydrogen-bond donors (Lipinski definition) is 0. The van der Waals surface area contributed by atoms with Gasteiger partial charge in [0.05, 0.1) is 19.1 Å². The fourth-order valence-electron chi connectivity index (χ4n) is 1.86. The number of rotatable bonds is 5. The van der Waals surface area contributed by atoms with Gasteiger partial charge in [0, 0.05) is 0 Å². The number of aryl methyl sites for hydroxylation is 1. The van der Waals surface area contributed by atoms with Crippen LogP contribution in [-0.4, -0.2) is 33.8 Å². The molecule has 0 spiro atoms. The maximum atomic E-state index is 12.0. The summed E-state index contributed by atoms with van der Waals surface area (Å²) >= 11 is 0. The first-order valence-electron chi connectivity index (χ1n) is 5.95. The van der Waals surface area contributed by atoms with Crippen molar-refractivity contribution in [3.05, 3.63) is 29.8 Å². The van der Waals surface area contributed by atoms with E-state index < -0.39 is 22.0 Å². The standard InChI is InChI=1S/C13H19NO4S/c1-5-12(13(15)18-3)14(19(4,16)17)11-8-6-10(2)7-9-11/h6-9,12H,5H2,1-4H3. The number of carbonyl (C=O) groups is 1. The van der Waals surface area contributed by atoms with Crippen molar-refractivity contribution in [3.63, 3.8) is 0 Å². The van der Waals surface area contributed by atoms with Crippen LogP contribution in [0.4, 0.5) is 5.69 Å². The highest BCUT2D eigenvalue weighted by Gasteiger charge is 2.31. The van der Waals surface area contributed by atoms with Crippen LogP contribution >= 0.6 is 0 Å². The summed E-state index contributed by atoms with van der Waals surface area (Å²) in [5.41, 5.74) is 1.48. The lowest BCUT2D eigenvalue weighted by molar-refractivity contribution is -0.142. The van der Waals surface area contributed by atoms with E-state index in [9.17, 15) is 13.2 Å².